The molecule has 1 fully saturated rings. The van der Waals surface area contributed by atoms with Gasteiger partial charge in [-0.05, 0) is 31.9 Å². The molecule has 0 radical (unpaired) electrons. The molecule has 1 aromatic rings. The van der Waals surface area contributed by atoms with Gasteiger partial charge in [0.2, 0.25) is 0 Å². The lowest BCUT2D eigenvalue weighted by molar-refractivity contribution is -0.384. The molecule has 6 nitrogen and oxygen atoms in total. The SMILES string of the molecule is CCOC1CC(Nc2ccc(O)cc2[N+](=O)[O-])C1(C)CC. The molecule has 2 N–H and O–H groups in total. The number of aromatic hydroxyl groups is 1. The first kappa shape index (κ1) is 15.6. The fourth-order valence-corrected chi connectivity index (χ4v) is 2.95. The Hall–Kier alpha value is -1.82. The highest BCUT2D eigenvalue weighted by molar-refractivity contribution is 5.64. The van der Waals surface area contributed by atoms with E-state index in [0.29, 0.717) is 12.3 Å². The van der Waals surface area contributed by atoms with Crippen LogP contribution in [0.1, 0.15) is 33.6 Å². The van der Waals surface area contributed by atoms with Gasteiger partial charge in [0, 0.05) is 18.1 Å². The zero-order chi connectivity index (χ0) is 15.6. The zero-order valence-electron chi connectivity index (χ0n) is 12.6. The van der Waals surface area contributed by atoms with Crippen LogP contribution in [0.3, 0.4) is 0 Å². The molecule has 1 saturated carbocycles. The van der Waals surface area contributed by atoms with Crippen LogP contribution in [0.25, 0.3) is 0 Å². The number of phenolic OH excluding ortho intramolecular Hbond substituents is 1. The van der Waals surface area contributed by atoms with Crippen molar-refractivity contribution in [2.75, 3.05) is 11.9 Å². The van der Waals surface area contributed by atoms with E-state index in [0.717, 1.165) is 12.8 Å². The molecule has 6 heteroatoms. The second-order valence-electron chi connectivity index (χ2n) is 5.69. The molecule has 0 aromatic heterocycles. The van der Waals surface area contributed by atoms with E-state index in [1.807, 2.05) is 6.92 Å². The summed E-state index contributed by atoms with van der Waals surface area (Å²) < 4.78 is 5.74. The van der Waals surface area contributed by atoms with E-state index in [2.05, 4.69) is 19.2 Å². The standard InChI is InChI=1S/C15H22N2O4/c1-4-15(3)13(9-14(15)21-5-2)16-11-7-6-10(18)8-12(11)17(19)20/h6-8,13-14,16,18H,4-5,9H2,1-3H3. The monoisotopic (exact) mass is 294 g/mol. The lowest BCUT2D eigenvalue weighted by Gasteiger charge is -2.53. The van der Waals surface area contributed by atoms with Crippen molar-refractivity contribution in [3.8, 4) is 5.75 Å². The number of anilines is 1. The number of nitrogens with one attached hydrogen (secondary N) is 1. The van der Waals surface area contributed by atoms with Crippen molar-refractivity contribution in [3.05, 3.63) is 28.3 Å². The number of nitro groups is 1. The van der Waals surface area contributed by atoms with Gasteiger partial charge in [-0.25, -0.2) is 0 Å². The number of phenols is 1. The molecule has 0 spiro atoms. The molecule has 1 aliphatic rings. The number of hydrogen-bond acceptors (Lipinski definition) is 5. The first-order valence-corrected chi connectivity index (χ1v) is 7.28. The molecular weight excluding hydrogens is 272 g/mol. The molecule has 3 unspecified atom stereocenters. The van der Waals surface area contributed by atoms with Crippen LogP contribution in [0.5, 0.6) is 5.75 Å². The second kappa shape index (κ2) is 5.89. The Morgan fingerprint density at radius 2 is 2.24 bits per heavy atom. The molecule has 1 aromatic carbocycles. The lowest BCUT2D eigenvalue weighted by atomic mass is 9.61. The predicted octanol–water partition coefficient (Wildman–Crippen LogP) is 3.31. The van der Waals surface area contributed by atoms with Crippen molar-refractivity contribution < 1.29 is 14.8 Å². The Labute approximate surface area is 124 Å². The van der Waals surface area contributed by atoms with Crippen molar-refractivity contribution in [2.45, 2.75) is 45.8 Å². The Morgan fingerprint density at radius 3 is 2.81 bits per heavy atom. The van der Waals surface area contributed by atoms with Crippen LogP contribution in [0, 0.1) is 15.5 Å². The fraction of sp³-hybridized carbons (Fsp3) is 0.600. The van der Waals surface area contributed by atoms with E-state index in [-0.39, 0.29) is 29.0 Å². The highest BCUT2D eigenvalue weighted by Crippen LogP contribution is 2.48. The summed E-state index contributed by atoms with van der Waals surface area (Å²) in [6, 6.07) is 4.31. The Balaban J connectivity index is 2.18. The summed E-state index contributed by atoms with van der Waals surface area (Å²) in [6.45, 7) is 6.89. The molecule has 116 valence electrons. The average molecular weight is 294 g/mol. The minimum Gasteiger partial charge on any atom is -0.508 e. The zero-order valence-corrected chi connectivity index (χ0v) is 12.6. The van der Waals surface area contributed by atoms with E-state index in [4.69, 9.17) is 4.74 Å². The predicted molar refractivity (Wildman–Crippen MR) is 80.6 cm³/mol. The minimum absolute atomic E-state index is 0.0399. The van der Waals surface area contributed by atoms with Gasteiger partial charge in [0.15, 0.2) is 0 Å². The van der Waals surface area contributed by atoms with Crippen molar-refractivity contribution in [3.63, 3.8) is 0 Å². The molecule has 2 rings (SSSR count). The summed E-state index contributed by atoms with van der Waals surface area (Å²) in [5.74, 6) is -0.105. The van der Waals surface area contributed by atoms with E-state index in [9.17, 15) is 15.2 Å². The molecule has 21 heavy (non-hydrogen) atoms. The third-order valence-corrected chi connectivity index (χ3v) is 4.62. The minimum atomic E-state index is -0.482. The first-order valence-electron chi connectivity index (χ1n) is 7.28. The lowest BCUT2D eigenvalue weighted by Crippen LogP contribution is -2.59. The first-order chi connectivity index (χ1) is 9.92. The fourth-order valence-electron chi connectivity index (χ4n) is 2.95. The molecular formula is C15H22N2O4. The van der Waals surface area contributed by atoms with Crippen molar-refractivity contribution in [2.24, 2.45) is 5.41 Å². The molecule has 3 atom stereocenters. The van der Waals surface area contributed by atoms with E-state index in [1.165, 1.54) is 12.1 Å². The third-order valence-electron chi connectivity index (χ3n) is 4.62. The van der Waals surface area contributed by atoms with Crippen LogP contribution in [0.15, 0.2) is 18.2 Å². The summed E-state index contributed by atoms with van der Waals surface area (Å²) in [4.78, 5) is 10.6. The molecule has 0 amide bonds. The van der Waals surface area contributed by atoms with Gasteiger partial charge in [0.25, 0.3) is 5.69 Å². The highest BCUT2D eigenvalue weighted by atomic mass is 16.6. The van der Waals surface area contributed by atoms with Crippen LogP contribution < -0.4 is 5.32 Å². The third kappa shape index (κ3) is 2.81. The van der Waals surface area contributed by atoms with Gasteiger partial charge in [-0.15, -0.1) is 0 Å². The van der Waals surface area contributed by atoms with Crippen LogP contribution >= 0.6 is 0 Å². The van der Waals surface area contributed by atoms with Crippen LogP contribution in [-0.2, 0) is 4.74 Å². The Bertz CT molecular complexity index is 534. The van der Waals surface area contributed by atoms with Gasteiger partial charge in [-0.3, -0.25) is 10.1 Å². The summed E-state index contributed by atoms with van der Waals surface area (Å²) >= 11 is 0. The maximum absolute atomic E-state index is 11.1. The Morgan fingerprint density at radius 1 is 1.52 bits per heavy atom. The topological polar surface area (TPSA) is 84.6 Å². The van der Waals surface area contributed by atoms with Gasteiger partial charge in [-0.1, -0.05) is 13.8 Å². The van der Waals surface area contributed by atoms with Gasteiger partial charge in [0.05, 0.1) is 17.1 Å². The number of hydrogen-bond donors (Lipinski definition) is 2. The van der Waals surface area contributed by atoms with E-state index >= 15 is 0 Å². The van der Waals surface area contributed by atoms with E-state index < -0.39 is 4.92 Å². The summed E-state index contributed by atoms with van der Waals surface area (Å²) in [5, 5.41) is 23.7. The van der Waals surface area contributed by atoms with Crippen molar-refractivity contribution in [1.29, 1.82) is 0 Å². The number of rotatable bonds is 6. The number of nitro benzene ring substituents is 1. The highest BCUT2D eigenvalue weighted by Gasteiger charge is 2.51. The van der Waals surface area contributed by atoms with Crippen LogP contribution in [0.4, 0.5) is 11.4 Å². The van der Waals surface area contributed by atoms with Gasteiger partial charge < -0.3 is 15.2 Å². The summed E-state index contributed by atoms with van der Waals surface area (Å²) in [7, 11) is 0. The quantitative estimate of drug-likeness (QED) is 0.477. The molecule has 1 aliphatic carbocycles. The Kier molecular flexibility index (Phi) is 4.37. The molecule has 0 aliphatic heterocycles. The number of benzene rings is 1. The number of ether oxygens (including phenoxy) is 1. The van der Waals surface area contributed by atoms with Crippen molar-refractivity contribution >= 4 is 11.4 Å². The smallest absolute Gasteiger partial charge is 0.296 e. The van der Waals surface area contributed by atoms with Gasteiger partial charge in [0.1, 0.15) is 11.4 Å². The van der Waals surface area contributed by atoms with Gasteiger partial charge >= 0.3 is 0 Å². The molecule has 0 heterocycles. The van der Waals surface area contributed by atoms with E-state index in [1.54, 1.807) is 6.07 Å². The summed E-state index contributed by atoms with van der Waals surface area (Å²) in [5.41, 5.74) is 0.299. The van der Waals surface area contributed by atoms with Crippen molar-refractivity contribution in [1.82, 2.24) is 0 Å². The number of nitrogens with zero attached hydrogens (tertiary/aromatic N) is 1. The maximum Gasteiger partial charge on any atom is 0.296 e. The van der Waals surface area contributed by atoms with Crippen LogP contribution in [0.2, 0.25) is 0 Å². The summed E-state index contributed by atoms with van der Waals surface area (Å²) in [6.07, 6.45) is 1.94. The molecule has 0 saturated heterocycles. The average Bonchev–Trinajstić information content (AvgIpc) is 2.46. The molecule has 0 bridgehead atoms. The largest absolute Gasteiger partial charge is 0.508 e. The second-order valence-corrected chi connectivity index (χ2v) is 5.69. The van der Waals surface area contributed by atoms with Crippen LogP contribution in [-0.4, -0.2) is 28.8 Å². The van der Waals surface area contributed by atoms with Gasteiger partial charge in [-0.2, -0.15) is 0 Å². The maximum atomic E-state index is 11.1. The normalized spacial score (nSPS) is 28.0.